The van der Waals surface area contributed by atoms with Crippen molar-refractivity contribution in [2.24, 2.45) is 0 Å². The Labute approximate surface area is 122 Å². The molecule has 2 rings (SSSR count). The summed E-state index contributed by atoms with van der Waals surface area (Å²) in [5.41, 5.74) is 3.99. The smallest absolute Gasteiger partial charge is 0.230 e. The Balaban J connectivity index is 1.95. The Bertz CT molecular complexity index is 608. The van der Waals surface area contributed by atoms with Gasteiger partial charge in [0, 0.05) is 18.2 Å². The van der Waals surface area contributed by atoms with Crippen molar-refractivity contribution in [2.45, 2.75) is 26.9 Å². The summed E-state index contributed by atoms with van der Waals surface area (Å²) < 4.78 is 5.01. The maximum absolute atomic E-state index is 12.0. The fraction of sp³-hybridized carbons (Fsp3) is 0.333. The minimum atomic E-state index is -0.0532. The van der Waals surface area contributed by atoms with Gasteiger partial charge in [-0.15, -0.1) is 11.3 Å². The molecule has 0 atom stereocenters. The molecule has 5 heteroatoms. The van der Waals surface area contributed by atoms with Crippen LogP contribution >= 0.6 is 11.3 Å². The molecule has 1 aromatic heterocycles. The van der Waals surface area contributed by atoms with Gasteiger partial charge >= 0.3 is 0 Å². The van der Waals surface area contributed by atoms with E-state index in [9.17, 15) is 4.79 Å². The van der Waals surface area contributed by atoms with Crippen molar-refractivity contribution in [3.8, 4) is 0 Å². The van der Waals surface area contributed by atoms with Crippen LogP contribution in [0.5, 0.6) is 0 Å². The first-order chi connectivity index (χ1) is 9.58. The second-order valence-corrected chi connectivity index (χ2v) is 5.63. The third-order valence-electron chi connectivity index (χ3n) is 3.00. The molecule has 1 N–H and O–H groups in total. The van der Waals surface area contributed by atoms with Crippen LogP contribution in [0.2, 0.25) is 0 Å². The van der Waals surface area contributed by atoms with Crippen LogP contribution in [-0.2, 0) is 22.6 Å². The second-order valence-electron chi connectivity index (χ2n) is 4.69. The highest BCUT2D eigenvalue weighted by molar-refractivity contribution is 7.09. The maximum atomic E-state index is 12.0. The summed E-state index contributed by atoms with van der Waals surface area (Å²) in [5.74, 6) is -0.0532. The molecule has 0 radical (unpaired) electrons. The first-order valence-electron chi connectivity index (χ1n) is 6.38. The van der Waals surface area contributed by atoms with Crippen molar-refractivity contribution in [3.05, 3.63) is 45.4 Å². The van der Waals surface area contributed by atoms with Gasteiger partial charge in [0.2, 0.25) is 5.91 Å². The summed E-state index contributed by atoms with van der Waals surface area (Å²) in [4.78, 5) is 16.3. The van der Waals surface area contributed by atoms with Crippen molar-refractivity contribution in [1.29, 1.82) is 0 Å². The van der Waals surface area contributed by atoms with Crippen LogP contribution in [0, 0.1) is 13.8 Å². The van der Waals surface area contributed by atoms with Gasteiger partial charge in [0.25, 0.3) is 0 Å². The third-order valence-corrected chi connectivity index (χ3v) is 3.87. The van der Waals surface area contributed by atoms with E-state index >= 15 is 0 Å². The van der Waals surface area contributed by atoms with Gasteiger partial charge < -0.3 is 10.1 Å². The van der Waals surface area contributed by atoms with Gasteiger partial charge in [-0.2, -0.15) is 0 Å². The lowest BCUT2D eigenvalue weighted by molar-refractivity contribution is -0.115. The lowest BCUT2D eigenvalue weighted by Gasteiger charge is -2.06. The van der Waals surface area contributed by atoms with E-state index < -0.39 is 0 Å². The van der Waals surface area contributed by atoms with Crippen molar-refractivity contribution in [1.82, 2.24) is 4.98 Å². The molecule has 1 aromatic carbocycles. The second kappa shape index (κ2) is 6.63. The van der Waals surface area contributed by atoms with E-state index in [4.69, 9.17) is 4.74 Å². The van der Waals surface area contributed by atoms with Crippen LogP contribution < -0.4 is 5.32 Å². The number of thiazole rings is 1. The van der Waals surface area contributed by atoms with Crippen LogP contribution in [0.1, 0.15) is 21.8 Å². The number of aromatic nitrogens is 1. The van der Waals surface area contributed by atoms with Crippen molar-refractivity contribution >= 4 is 22.9 Å². The summed E-state index contributed by atoms with van der Waals surface area (Å²) in [5, 5.41) is 5.68. The molecule has 0 aliphatic heterocycles. The van der Waals surface area contributed by atoms with E-state index in [1.807, 2.05) is 37.4 Å². The quantitative estimate of drug-likeness (QED) is 0.920. The number of carbonyl (C=O) groups is 1. The number of carbonyl (C=O) groups excluding carboxylic acids is 1. The monoisotopic (exact) mass is 290 g/mol. The molecule has 106 valence electrons. The molecule has 0 unspecified atom stereocenters. The van der Waals surface area contributed by atoms with E-state index in [1.54, 1.807) is 7.11 Å². The molecular formula is C15H18N2O2S. The summed E-state index contributed by atoms with van der Waals surface area (Å²) in [6.45, 7) is 4.57. The lowest BCUT2D eigenvalue weighted by Crippen LogP contribution is -2.14. The summed E-state index contributed by atoms with van der Waals surface area (Å²) in [6, 6.07) is 5.90. The highest BCUT2D eigenvalue weighted by Crippen LogP contribution is 2.15. The molecule has 0 spiro atoms. The first-order valence-corrected chi connectivity index (χ1v) is 7.26. The summed E-state index contributed by atoms with van der Waals surface area (Å²) >= 11 is 1.51. The SMILES string of the molecule is COCc1nc(CC(=O)Nc2ccc(C)c(C)c2)cs1. The summed E-state index contributed by atoms with van der Waals surface area (Å²) in [7, 11) is 1.63. The number of nitrogens with zero attached hydrogens (tertiary/aromatic N) is 1. The molecule has 20 heavy (non-hydrogen) atoms. The molecule has 1 heterocycles. The van der Waals surface area contributed by atoms with E-state index in [0.717, 1.165) is 16.4 Å². The number of methoxy groups -OCH3 is 1. The lowest BCUT2D eigenvalue weighted by atomic mass is 10.1. The first kappa shape index (κ1) is 14.7. The zero-order chi connectivity index (χ0) is 14.5. The number of nitrogens with one attached hydrogen (secondary N) is 1. The average molecular weight is 290 g/mol. The highest BCUT2D eigenvalue weighted by Gasteiger charge is 2.08. The van der Waals surface area contributed by atoms with Crippen LogP contribution in [0.3, 0.4) is 0 Å². The molecule has 0 aliphatic carbocycles. The standard InChI is InChI=1S/C15H18N2O2S/c1-10-4-5-12(6-11(10)2)16-14(18)7-13-9-20-15(17-13)8-19-3/h4-6,9H,7-8H2,1-3H3,(H,16,18). The Hall–Kier alpha value is -1.72. The topological polar surface area (TPSA) is 51.2 Å². The Morgan fingerprint density at radius 1 is 1.35 bits per heavy atom. The predicted molar refractivity (Wildman–Crippen MR) is 81.1 cm³/mol. The molecule has 0 bridgehead atoms. The Morgan fingerprint density at radius 3 is 2.85 bits per heavy atom. The number of ether oxygens (including phenoxy) is 1. The van der Waals surface area contributed by atoms with E-state index in [1.165, 1.54) is 22.5 Å². The minimum absolute atomic E-state index is 0.0532. The number of rotatable bonds is 5. The van der Waals surface area contributed by atoms with Gasteiger partial charge in [0.1, 0.15) is 5.01 Å². The van der Waals surface area contributed by atoms with Gasteiger partial charge in [-0.3, -0.25) is 4.79 Å². The average Bonchev–Trinajstić information content (AvgIpc) is 2.81. The maximum Gasteiger partial charge on any atom is 0.230 e. The van der Waals surface area contributed by atoms with Gasteiger partial charge in [-0.1, -0.05) is 6.07 Å². The van der Waals surface area contributed by atoms with Crippen LogP contribution in [0.4, 0.5) is 5.69 Å². The minimum Gasteiger partial charge on any atom is -0.378 e. The largest absolute Gasteiger partial charge is 0.378 e. The third kappa shape index (κ3) is 3.88. The number of benzene rings is 1. The molecule has 0 saturated carbocycles. The fourth-order valence-electron chi connectivity index (χ4n) is 1.81. The van der Waals surface area contributed by atoms with Crippen LogP contribution in [0.15, 0.2) is 23.6 Å². The van der Waals surface area contributed by atoms with Crippen LogP contribution in [-0.4, -0.2) is 18.0 Å². The number of hydrogen-bond acceptors (Lipinski definition) is 4. The molecular weight excluding hydrogens is 272 g/mol. The van der Waals surface area contributed by atoms with Crippen molar-refractivity contribution < 1.29 is 9.53 Å². The van der Waals surface area contributed by atoms with Crippen LogP contribution in [0.25, 0.3) is 0 Å². The van der Waals surface area contributed by atoms with Gasteiger partial charge in [-0.25, -0.2) is 4.98 Å². The zero-order valence-corrected chi connectivity index (χ0v) is 12.7. The number of amides is 1. The molecule has 2 aromatic rings. The number of anilines is 1. The molecule has 0 saturated heterocycles. The van der Waals surface area contributed by atoms with Crippen molar-refractivity contribution in [2.75, 3.05) is 12.4 Å². The molecule has 0 fully saturated rings. The Morgan fingerprint density at radius 2 is 2.15 bits per heavy atom. The predicted octanol–water partition coefficient (Wildman–Crippen LogP) is 3.09. The van der Waals surface area contributed by atoms with E-state index in [-0.39, 0.29) is 12.3 Å². The Kier molecular flexibility index (Phi) is 4.87. The molecule has 4 nitrogen and oxygen atoms in total. The van der Waals surface area contributed by atoms with E-state index in [0.29, 0.717) is 6.61 Å². The van der Waals surface area contributed by atoms with Gasteiger partial charge in [0.05, 0.1) is 18.7 Å². The normalized spacial score (nSPS) is 10.6. The van der Waals surface area contributed by atoms with E-state index in [2.05, 4.69) is 10.3 Å². The van der Waals surface area contributed by atoms with Gasteiger partial charge in [0.15, 0.2) is 0 Å². The zero-order valence-electron chi connectivity index (χ0n) is 11.9. The number of hydrogen-bond donors (Lipinski definition) is 1. The number of aryl methyl sites for hydroxylation is 2. The van der Waals surface area contributed by atoms with Gasteiger partial charge in [-0.05, 0) is 37.1 Å². The molecule has 0 aliphatic rings. The molecule has 1 amide bonds. The fourth-order valence-corrected chi connectivity index (χ4v) is 2.57. The summed E-state index contributed by atoms with van der Waals surface area (Å²) in [6.07, 6.45) is 0.285. The highest BCUT2D eigenvalue weighted by atomic mass is 32.1. The van der Waals surface area contributed by atoms with Crippen molar-refractivity contribution in [3.63, 3.8) is 0 Å².